The topological polar surface area (TPSA) is 16.8 Å². The smallest absolute Gasteiger partial charge is 0.229 e. The fraction of sp³-hybridized carbons (Fsp3) is 0.273. The lowest BCUT2D eigenvalue weighted by atomic mass is 9.71. The van der Waals surface area contributed by atoms with Gasteiger partial charge in [-0.1, -0.05) is 68.4 Å². The molecule has 0 N–H and O–H groups in total. The highest BCUT2D eigenvalue weighted by molar-refractivity contribution is 5.69. The summed E-state index contributed by atoms with van der Waals surface area (Å²) in [5, 5.41) is 0. The highest BCUT2D eigenvalue weighted by Crippen LogP contribution is 2.41. The maximum Gasteiger partial charge on any atom is 0.287 e. The largest absolute Gasteiger partial charge is 0.287 e. The van der Waals surface area contributed by atoms with Gasteiger partial charge in [-0.3, -0.25) is 0 Å². The van der Waals surface area contributed by atoms with Crippen LogP contribution < -0.4 is 4.57 Å². The van der Waals surface area contributed by atoms with E-state index in [0.29, 0.717) is 0 Å². The van der Waals surface area contributed by atoms with Crippen LogP contribution in [0, 0.1) is 0 Å². The molecule has 0 unspecified atom stereocenters. The zero-order valence-corrected chi connectivity index (χ0v) is 14.4. The number of hydrogen-bond donors (Lipinski definition) is 0. The summed E-state index contributed by atoms with van der Waals surface area (Å²) >= 11 is 0. The van der Waals surface area contributed by atoms with Gasteiger partial charge in [0.05, 0.1) is 0 Å². The molecule has 1 aliphatic rings. The first-order valence-electron chi connectivity index (χ1n) is 8.82. The van der Waals surface area contributed by atoms with Crippen molar-refractivity contribution in [2.45, 2.75) is 38.6 Å². The van der Waals surface area contributed by atoms with Gasteiger partial charge in [-0.2, -0.15) is 0 Å². The quantitative estimate of drug-likeness (QED) is 0.636. The van der Waals surface area contributed by atoms with Gasteiger partial charge in [0, 0.05) is 22.6 Å². The Kier molecular flexibility index (Phi) is 3.68. The maximum atomic E-state index is 4.73. The average Bonchev–Trinajstić information content (AvgIpc) is 2.67. The zero-order valence-electron chi connectivity index (χ0n) is 14.4. The molecule has 4 rings (SSSR count). The molecular weight excluding hydrogens is 292 g/mol. The molecule has 0 fully saturated rings. The van der Waals surface area contributed by atoms with E-state index < -0.39 is 0 Å². The summed E-state index contributed by atoms with van der Waals surface area (Å²) < 4.78 is 2.34. The number of rotatable bonds is 3. The predicted molar refractivity (Wildman–Crippen MR) is 97.6 cm³/mol. The van der Waals surface area contributed by atoms with Crippen molar-refractivity contribution < 1.29 is 4.57 Å². The first kappa shape index (κ1) is 15.1. The standard InChI is InChI=1S/C22H23N2/c1-3-22(4-2)15-24-16-23-20(17-10-6-5-7-11-17)14-21(24)18-12-8-9-13-19(18)22/h5-14,16H,3-4,15H2,1-2H3/q+1. The lowest BCUT2D eigenvalue weighted by molar-refractivity contribution is -0.700. The van der Waals surface area contributed by atoms with Gasteiger partial charge in [-0.15, -0.1) is 0 Å². The number of nitrogens with zero attached hydrogens (tertiary/aromatic N) is 2. The molecule has 0 amide bonds. The van der Waals surface area contributed by atoms with E-state index in [1.807, 2.05) is 12.4 Å². The lowest BCUT2D eigenvalue weighted by Gasteiger charge is -2.36. The highest BCUT2D eigenvalue weighted by Gasteiger charge is 2.39. The Bertz CT molecular complexity index is 864. The number of benzene rings is 2. The van der Waals surface area contributed by atoms with Crippen molar-refractivity contribution in [2.24, 2.45) is 0 Å². The van der Waals surface area contributed by atoms with E-state index in [1.54, 1.807) is 0 Å². The molecule has 0 radical (unpaired) electrons. The Morgan fingerprint density at radius 3 is 2.42 bits per heavy atom. The van der Waals surface area contributed by atoms with Crippen LogP contribution >= 0.6 is 0 Å². The van der Waals surface area contributed by atoms with Crippen LogP contribution in [0.5, 0.6) is 0 Å². The fourth-order valence-electron chi connectivity index (χ4n) is 4.00. The van der Waals surface area contributed by atoms with Gasteiger partial charge in [-0.25, -0.2) is 4.57 Å². The summed E-state index contributed by atoms with van der Waals surface area (Å²) in [6.45, 7) is 5.61. The fourth-order valence-corrected chi connectivity index (χ4v) is 4.00. The van der Waals surface area contributed by atoms with E-state index >= 15 is 0 Å². The Hall–Kier alpha value is -2.48. The summed E-state index contributed by atoms with van der Waals surface area (Å²) in [6.07, 6.45) is 4.31. The minimum atomic E-state index is 0.213. The van der Waals surface area contributed by atoms with E-state index in [4.69, 9.17) is 4.98 Å². The van der Waals surface area contributed by atoms with Gasteiger partial charge >= 0.3 is 0 Å². The average molecular weight is 315 g/mol. The third kappa shape index (κ3) is 2.25. The van der Waals surface area contributed by atoms with Crippen LogP contribution in [0.4, 0.5) is 0 Å². The third-order valence-electron chi connectivity index (χ3n) is 5.59. The summed E-state index contributed by atoms with van der Waals surface area (Å²) in [6, 6.07) is 21.6. The number of fused-ring (bicyclic) bond motifs is 3. The van der Waals surface area contributed by atoms with E-state index in [0.717, 1.165) is 25.1 Å². The first-order valence-corrected chi connectivity index (χ1v) is 8.82. The van der Waals surface area contributed by atoms with Crippen LogP contribution in [0.2, 0.25) is 0 Å². The molecule has 0 atom stereocenters. The summed E-state index contributed by atoms with van der Waals surface area (Å²) in [4.78, 5) is 4.73. The molecule has 120 valence electrons. The Morgan fingerprint density at radius 1 is 0.958 bits per heavy atom. The molecule has 1 aliphatic heterocycles. The molecule has 1 aromatic heterocycles. The predicted octanol–water partition coefficient (Wildman–Crippen LogP) is 4.77. The van der Waals surface area contributed by atoms with Crippen LogP contribution in [0.15, 0.2) is 67.0 Å². The molecule has 0 saturated carbocycles. The van der Waals surface area contributed by atoms with Crippen molar-refractivity contribution in [1.82, 2.24) is 4.98 Å². The second-order valence-electron chi connectivity index (χ2n) is 6.69. The van der Waals surface area contributed by atoms with Crippen LogP contribution in [0.25, 0.3) is 22.5 Å². The molecule has 2 nitrogen and oxygen atoms in total. The summed E-state index contributed by atoms with van der Waals surface area (Å²) in [5.41, 5.74) is 6.53. The SMILES string of the molecule is CCC1(CC)C[n+]2cnc(-c3ccccc3)cc2-c2ccccc21. The minimum Gasteiger partial charge on any atom is -0.229 e. The second kappa shape index (κ2) is 5.86. The molecule has 2 heterocycles. The van der Waals surface area contributed by atoms with Crippen molar-refractivity contribution >= 4 is 0 Å². The Labute approximate surface area is 143 Å². The normalized spacial score (nSPS) is 14.8. The number of aromatic nitrogens is 2. The van der Waals surface area contributed by atoms with Crippen molar-refractivity contribution in [3.63, 3.8) is 0 Å². The van der Waals surface area contributed by atoms with E-state index in [1.165, 1.54) is 22.4 Å². The van der Waals surface area contributed by atoms with E-state index in [-0.39, 0.29) is 5.41 Å². The van der Waals surface area contributed by atoms with Crippen LogP contribution in [0.3, 0.4) is 0 Å². The zero-order chi connectivity index (χ0) is 16.6. The Morgan fingerprint density at radius 2 is 1.67 bits per heavy atom. The molecule has 24 heavy (non-hydrogen) atoms. The van der Waals surface area contributed by atoms with E-state index in [2.05, 4.69) is 73.0 Å². The lowest BCUT2D eigenvalue weighted by Crippen LogP contribution is -2.51. The third-order valence-corrected chi connectivity index (χ3v) is 5.59. The Balaban J connectivity index is 1.91. The molecule has 0 saturated heterocycles. The van der Waals surface area contributed by atoms with Gasteiger partial charge in [0.25, 0.3) is 6.33 Å². The molecule has 0 aliphatic carbocycles. The van der Waals surface area contributed by atoms with Crippen LogP contribution in [0.1, 0.15) is 32.3 Å². The monoisotopic (exact) mass is 315 g/mol. The van der Waals surface area contributed by atoms with E-state index in [9.17, 15) is 0 Å². The van der Waals surface area contributed by atoms with Crippen LogP contribution in [-0.4, -0.2) is 4.98 Å². The molecule has 0 spiro atoms. The van der Waals surface area contributed by atoms with Crippen molar-refractivity contribution in [3.05, 3.63) is 72.6 Å². The maximum absolute atomic E-state index is 4.73. The minimum absolute atomic E-state index is 0.213. The van der Waals surface area contributed by atoms with Gasteiger partial charge in [0.2, 0.25) is 0 Å². The van der Waals surface area contributed by atoms with Gasteiger partial charge in [0.15, 0.2) is 5.69 Å². The van der Waals surface area contributed by atoms with Crippen molar-refractivity contribution in [2.75, 3.05) is 0 Å². The molecule has 3 aromatic rings. The molecule has 2 heteroatoms. The van der Waals surface area contributed by atoms with Gasteiger partial charge in [0.1, 0.15) is 12.2 Å². The van der Waals surface area contributed by atoms with Crippen molar-refractivity contribution in [3.8, 4) is 22.5 Å². The second-order valence-corrected chi connectivity index (χ2v) is 6.69. The summed E-state index contributed by atoms with van der Waals surface area (Å²) in [5.74, 6) is 0. The highest BCUT2D eigenvalue weighted by atomic mass is 15.0. The number of hydrogen-bond acceptors (Lipinski definition) is 1. The molecule has 0 bridgehead atoms. The molecule has 2 aromatic carbocycles. The van der Waals surface area contributed by atoms with Crippen LogP contribution in [-0.2, 0) is 12.0 Å². The van der Waals surface area contributed by atoms with Gasteiger partial charge < -0.3 is 0 Å². The summed E-state index contributed by atoms with van der Waals surface area (Å²) in [7, 11) is 0. The molecular formula is C22H23N2+. The van der Waals surface area contributed by atoms with Gasteiger partial charge in [-0.05, 0) is 23.4 Å². The first-order chi connectivity index (χ1) is 11.8. The van der Waals surface area contributed by atoms with Crippen molar-refractivity contribution in [1.29, 1.82) is 0 Å².